The first-order valence-corrected chi connectivity index (χ1v) is 6.48. The summed E-state index contributed by atoms with van der Waals surface area (Å²) >= 11 is 0. The number of benzene rings is 2. The molecule has 2 aromatic rings. The minimum absolute atomic E-state index is 0.0874. The van der Waals surface area contributed by atoms with Crippen LogP contribution < -0.4 is 10.5 Å². The number of hydrogen-bond donors (Lipinski definition) is 2. The van der Waals surface area contributed by atoms with Gasteiger partial charge in [-0.05, 0) is 35.9 Å². The van der Waals surface area contributed by atoms with Gasteiger partial charge in [0.25, 0.3) is 5.91 Å². The first-order valence-electron chi connectivity index (χ1n) is 6.48. The van der Waals surface area contributed by atoms with Gasteiger partial charge in [0, 0.05) is 19.2 Å². The monoisotopic (exact) mass is 286 g/mol. The fourth-order valence-electron chi connectivity index (χ4n) is 2.01. The molecule has 21 heavy (non-hydrogen) atoms. The van der Waals surface area contributed by atoms with Crippen LogP contribution in [0.2, 0.25) is 0 Å². The SMILES string of the molecule is COc1cccc(CN(C)C(=O)c2ccc(N)c(O)c2)c1. The minimum Gasteiger partial charge on any atom is -0.506 e. The number of hydrogen-bond acceptors (Lipinski definition) is 4. The Balaban J connectivity index is 2.13. The third-order valence-electron chi connectivity index (χ3n) is 3.18. The van der Waals surface area contributed by atoms with E-state index in [0.29, 0.717) is 12.1 Å². The number of nitrogen functional groups attached to an aromatic ring is 1. The Labute approximate surface area is 123 Å². The number of carbonyl (C=O) groups is 1. The number of phenolic OH excluding ortho intramolecular Hbond substituents is 1. The summed E-state index contributed by atoms with van der Waals surface area (Å²) in [5, 5.41) is 9.58. The van der Waals surface area contributed by atoms with Crippen LogP contribution in [0.3, 0.4) is 0 Å². The second kappa shape index (κ2) is 6.17. The second-order valence-electron chi connectivity index (χ2n) is 4.79. The predicted molar refractivity (Wildman–Crippen MR) is 81.3 cm³/mol. The van der Waals surface area contributed by atoms with Gasteiger partial charge in [-0.25, -0.2) is 0 Å². The lowest BCUT2D eigenvalue weighted by Gasteiger charge is -2.18. The third kappa shape index (κ3) is 3.45. The van der Waals surface area contributed by atoms with E-state index in [1.165, 1.54) is 12.1 Å². The molecule has 0 aliphatic carbocycles. The van der Waals surface area contributed by atoms with Crippen LogP contribution in [0.1, 0.15) is 15.9 Å². The molecule has 0 saturated carbocycles. The molecule has 0 spiro atoms. The molecule has 0 saturated heterocycles. The Morgan fingerprint density at radius 1 is 1.29 bits per heavy atom. The fourth-order valence-corrected chi connectivity index (χ4v) is 2.01. The van der Waals surface area contributed by atoms with Crippen LogP contribution in [-0.4, -0.2) is 30.1 Å². The summed E-state index contributed by atoms with van der Waals surface area (Å²) in [6.45, 7) is 0.446. The van der Waals surface area contributed by atoms with Crippen molar-refractivity contribution in [3.05, 3.63) is 53.6 Å². The molecular weight excluding hydrogens is 268 g/mol. The van der Waals surface area contributed by atoms with E-state index in [9.17, 15) is 9.90 Å². The molecule has 5 nitrogen and oxygen atoms in total. The van der Waals surface area contributed by atoms with Crippen LogP contribution in [-0.2, 0) is 6.54 Å². The van der Waals surface area contributed by atoms with Crippen molar-refractivity contribution >= 4 is 11.6 Å². The number of nitrogens with zero attached hydrogens (tertiary/aromatic N) is 1. The first kappa shape index (κ1) is 14.7. The molecular formula is C16H18N2O3. The maximum Gasteiger partial charge on any atom is 0.254 e. The Morgan fingerprint density at radius 2 is 2.05 bits per heavy atom. The van der Waals surface area contributed by atoms with Crippen LogP contribution in [0.25, 0.3) is 0 Å². The predicted octanol–water partition coefficient (Wildman–Crippen LogP) is 2.26. The molecule has 0 fully saturated rings. The molecule has 3 N–H and O–H groups in total. The molecule has 0 aliphatic rings. The normalized spacial score (nSPS) is 10.2. The average Bonchev–Trinajstić information content (AvgIpc) is 2.49. The number of phenols is 1. The molecule has 2 aromatic carbocycles. The van der Waals surface area contributed by atoms with Crippen molar-refractivity contribution < 1.29 is 14.6 Å². The molecule has 0 atom stereocenters. The molecule has 2 rings (SSSR count). The van der Waals surface area contributed by atoms with Gasteiger partial charge in [-0.3, -0.25) is 4.79 Å². The highest BCUT2D eigenvalue weighted by atomic mass is 16.5. The lowest BCUT2D eigenvalue weighted by molar-refractivity contribution is 0.0784. The number of methoxy groups -OCH3 is 1. The maximum atomic E-state index is 12.3. The van der Waals surface area contributed by atoms with E-state index in [4.69, 9.17) is 10.5 Å². The van der Waals surface area contributed by atoms with Crippen LogP contribution >= 0.6 is 0 Å². The van der Waals surface area contributed by atoms with E-state index in [0.717, 1.165) is 11.3 Å². The fraction of sp³-hybridized carbons (Fsp3) is 0.188. The van der Waals surface area contributed by atoms with E-state index < -0.39 is 0 Å². The summed E-state index contributed by atoms with van der Waals surface area (Å²) < 4.78 is 5.16. The number of carbonyl (C=O) groups excluding carboxylic acids is 1. The van der Waals surface area contributed by atoms with Crippen molar-refractivity contribution in [2.75, 3.05) is 19.9 Å². The van der Waals surface area contributed by atoms with E-state index in [1.807, 2.05) is 24.3 Å². The largest absolute Gasteiger partial charge is 0.506 e. The van der Waals surface area contributed by atoms with E-state index in [2.05, 4.69) is 0 Å². The van der Waals surface area contributed by atoms with Crippen molar-refractivity contribution in [1.29, 1.82) is 0 Å². The molecule has 0 radical (unpaired) electrons. The molecule has 0 unspecified atom stereocenters. The quantitative estimate of drug-likeness (QED) is 0.667. The van der Waals surface area contributed by atoms with Gasteiger partial charge in [-0.15, -0.1) is 0 Å². The zero-order valence-corrected chi connectivity index (χ0v) is 12.0. The van der Waals surface area contributed by atoms with Gasteiger partial charge in [0.2, 0.25) is 0 Å². The highest BCUT2D eigenvalue weighted by molar-refractivity contribution is 5.95. The smallest absolute Gasteiger partial charge is 0.254 e. The molecule has 0 aromatic heterocycles. The molecule has 0 bridgehead atoms. The van der Waals surface area contributed by atoms with Crippen molar-refractivity contribution in [3.8, 4) is 11.5 Å². The lowest BCUT2D eigenvalue weighted by atomic mass is 10.1. The Kier molecular flexibility index (Phi) is 4.33. The number of aromatic hydroxyl groups is 1. The van der Waals surface area contributed by atoms with E-state index >= 15 is 0 Å². The number of rotatable bonds is 4. The Morgan fingerprint density at radius 3 is 2.71 bits per heavy atom. The summed E-state index contributed by atoms with van der Waals surface area (Å²) in [5.41, 5.74) is 7.14. The van der Waals surface area contributed by atoms with E-state index in [1.54, 1.807) is 25.1 Å². The third-order valence-corrected chi connectivity index (χ3v) is 3.18. The van der Waals surface area contributed by atoms with Gasteiger partial charge in [0.15, 0.2) is 0 Å². The van der Waals surface area contributed by atoms with Gasteiger partial charge in [0.05, 0.1) is 12.8 Å². The highest BCUT2D eigenvalue weighted by Crippen LogP contribution is 2.22. The van der Waals surface area contributed by atoms with Crippen LogP contribution in [0.15, 0.2) is 42.5 Å². The standard InChI is InChI=1S/C16H18N2O3/c1-18(10-11-4-3-5-13(8-11)21-2)16(20)12-6-7-14(17)15(19)9-12/h3-9,19H,10,17H2,1-2H3. The summed E-state index contributed by atoms with van der Waals surface area (Å²) in [4.78, 5) is 13.9. The molecule has 0 heterocycles. The van der Waals surface area contributed by atoms with Crippen molar-refractivity contribution in [3.63, 3.8) is 0 Å². The highest BCUT2D eigenvalue weighted by Gasteiger charge is 2.13. The summed E-state index contributed by atoms with van der Waals surface area (Å²) in [5.74, 6) is 0.474. The molecule has 1 amide bonds. The van der Waals surface area contributed by atoms with Crippen LogP contribution in [0.5, 0.6) is 11.5 Å². The van der Waals surface area contributed by atoms with Crippen LogP contribution in [0.4, 0.5) is 5.69 Å². The second-order valence-corrected chi connectivity index (χ2v) is 4.79. The summed E-state index contributed by atoms with van der Waals surface area (Å²) in [6.07, 6.45) is 0. The molecule has 0 aliphatic heterocycles. The Bertz CT molecular complexity index is 656. The van der Waals surface area contributed by atoms with Gasteiger partial charge >= 0.3 is 0 Å². The van der Waals surface area contributed by atoms with E-state index in [-0.39, 0.29) is 17.3 Å². The van der Waals surface area contributed by atoms with Gasteiger partial charge < -0.3 is 20.5 Å². The molecule has 110 valence electrons. The van der Waals surface area contributed by atoms with Crippen molar-refractivity contribution in [2.45, 2.75) is 6.54 Å². The minimum atomic E-state index is -0.187. The number of anilines is 1. The molecule has 5 heteroatoms. The summed E-state index contributed by atoms with van der Waals surface area (Å²) in [7, 11) is 3.31. The maximum absolute atomic E-state index is 12.3. The zero-order valence-electron chi connectivity index (χ0n) is 12.0. The zero-order chi connectivity index (χ0) is 15.4. The van der Waals surface area contributed by atoms with Gasteiger partial charge in [0.1, 0.15) is 11.5 Å². The van der Waals surface area contributed by atoms with Gasteiger partial charge in [-0.1, -0.05) is 12.1 Å². The summed E-state index contributed by atoms with van der Waals surface area (Å²) in [6, 6.07) is 12.0. The number of amides is 1. The van der Waals surface area contributed by atoms with Crippen molar-refractivity contribution in [2.24, 2.45) is 0 Å². The number of ether oxygens (including phenoxy) is 1. The first-order chi connectivity index (χ1) is 10.0. The van der Waals surface area contributed by atoms with Crippen LogP contribution in [0, 0.1) is 0 Å². The topological polar surface area (TPSA) is 75.8 Å². The van der Waals surface area contributed by atoms with Gasteiger partial charge in [-0.2, -0.15) is 0 Å². The van der Waals surface area contributed by atoms with Crippen molar-refractivity contribution in [1.82, 2.24) is 4.90 Å². The Hall–Kier alpha value is -2.69. The number of nitrogens with two attached hydrogens (primary N) is 1. The lowest BCUT2D eigenvalue weighted by Crippen LogP contribution is -2.26. The average molecular weight is 286 g/mol.